The number of aliphatic hydroxyl groups excluding tert-OH is 1. The maximum absolute atomic E-state index is 15.7. The second kappa shape index (κ2) is 25.8. The Balaban J connectivity index is 0.000000206. The lowest BCUT2D eigenvalue weighted by Gasteiger charge is -2.20. The fourth-order valence-electron chi connectivity index (χ4n) is 8.29. The Hall–Kier alpha value is -6.74. The predicted octanol–water partition coefficient (Wildman–Crippen LogP) is 6.58. The van der Waals surface area contributed by atoms with Crippen molar-refractivity contribution in [3.8, 4) is 0 Å². The number of aryl methyl sites for hydroxylation is 2. The number of aromatic nitrogens is 10. The number of ether oxygens (including phenoxy) is 4. The maximum atomic E-state index is 15.7. The first-order valence-corrected chi connectivity index (χ1v) is 27.8. The average molecular weight is 1120 g/mol. The van der Waals surface area contributed by atoms with Gasteiger partial charge in [-0.05, 0) is 74.2 Å². The van der Waals surface area contributed by atoms with E-state index in [1.54, 1.807) is 80.0 Å². The summed E-state index contributed by atoms with van der Waals surface area (Å²) in [4.78, 5) is 78.4. The van der Waals surface area contributed by atoms with Crippen molar-refractivity contribution in [2.24, 2.45) is 0 Å². The minimum atomic E-state index is -4.29. The molecule has 2 saturated heterocycles. The van der Waals surface area contributed by atoms with Crippen LogP contribution in [0.4, 0.5) is 20.4 Å². The molecule has 0 radical (unpaired) electrons. The highest BCUT2D eigenvalue weighted by molar-refractivity contribution is 7.52. The number of halogens is 2. The molecule has 1 aromatic carbocycles. The summed E-state index contributed by atoms with van der Waals surface area (Å²) in [6.45, 7) is 8.04. The van der Waals surface area contributed by atoms with Crippen molar-refractivity contribution in [1.82, 2.24) is 49.0 Å². The number of nitrogens with zero attached hydrogens (tertiary/aromatic N) is 10. The average Bonchev–Trinajstić information content (AvgIpc) is 4.35. The van der Waals surface area contributed by atoms with Crippen LogP contribution >= 0.6 is 15.2 Å². The second-order valence-electron chi connectivity index (χ2n) is 17.9. The topological polar surface area (TPSA) is 321 Å². The lowest BCUT2D eigenvalue weighted by atomic mass is 10.1. The Kier molecular flexibility index (Phi) is 19.0. The van der Waals surface area contributed by atoms with Crippen LogP contribution in [0.5, 0.6) is 0 Å². The standard InChI is InChI=1S/C26H28FN6O6P.C23H28FN6O7P/c1-3-19-22(37-15-40(35,36)38-12-18-11-16(2)9-10-28-18)20(27)26(39-19)33-14-31-21-23(29-13-30-24(21)33)32-25(34)17-7-5-4-6-8-17;1-3-4-5-17(32)29-21-19-22(27-11-26-21)30(12-28-19)23-18(24)20(16(9-31)37-23)35-13-38(33,34)36-10-15-8-14(2)6-7-25-15/h4-11,13-14,19-20,22,26H,3,12,15H2,1-2H3,(H,35,36)(H,29,30,32,34);3,6-8,11-12,16,18,20,23,31H,1,4-5,9-10,13H2,2H3,(H,33,34)(H,26,27,29,32)/t19-,20?,22+,26-;16-,18?,20+,23-/m11/s1. The molecule has 2 amide bonds. The fraction of sp³-hybridized carbons (Fsp3) is 0.388. The summed E-state index contributed by atoms with van der Waals surface area (Å²) in [6, 6.07) is 15.6. The Morgan fingerprint density at radius 2 is 1.23 bits per heavy atom. The van der Waals surface area contributed by atoms with Crippen molar-refractivity contribution in [3.05, 3.63) is 133 Å². The second-order valence-corrected chi connectivity index (χ2v) is 21.5. The number of allylic oxidation sites excluding steroid dienone is 1. The van der Waals surface area contributed by atoms with Gasteiger partial charge in [-0.1, -0.05) is 31.2 Å². The molecule has 2 aliphatic heterocycles. The van der Waals surface area contributed by atoms with Gasteiger partial charge in [-0.25, -0.2) is 38.7 Å². The number of hydrogen-bond donors (Lipinski definition) is 5. The van der Waals surface area contributed by atoms with Crippen LogP contribution in [0.1, 0.15) is 71.5 Å². The summed E-state index contributed by atoms with van der Waals surface area (Å²) in [7, 11) is -8.51. The van der Waals surface area contributed by atoms with E-state index >= 15 is 8.78 Å². The smallest absolute Gasteiger partial charge is 0.353 e. The molecule has 29 heteroatoms. The Morgan fingerprint density at radius 1 is 0.731 bits per heavy atom. The third-order valence-electron chi connectivity index (χ3n) is 12.1. The molecule has 0 aliphatic carbocycles. The molecule has 4 unspecified atom stereocenters. The van der Waals surface area contributed by atoms with Gasteiger partial charge in [-0.3, -0.25) is 37.8 Å². The number of anilines is 2. The van der Waals surface area contributed by atoms with Gasteiger partial charge in [0, 0.05) is 24.4 Å². The van der Waals surface area contributed by atoms with E-state index in [0.29, 0.717) is 29.8 Å². The largest absolute Gasteiger partial charge is 0.394 e. The van der Waals surface area contributed by atoms with Gasteiger partial charge < -0.3 is 53.5 Å². The van der Waals surface area contributed by atoms with Crippen LogP contribution in [0.15, 0.2) is 105 Å². The number of aliphatic hydroxyl groups is 1. The lowest BCUT2D eigenvalue weighted by Crippen LogP contribution is -2.34. The molecular formula is C49H56F2N12O13P2. The summed E-state index contributed by atoms with van der Waals surface area (Å²) in [5, 5.41) is 15.1. The summed E-state index contributed by atoms with van der Waals surface area (Å²) >= 11 is 0. The summed E-state index contributed by atoms with van der Waals surface area (Å²) < 4.78 is 91.9. The number of carbonyl (C=O) groups is 2. The summed E-state index contributed by atoms with van der Waals surface area (Å²) in [6.07, 6.45) is -1.21. The molecule has 414 valence electrons. The van der Waals surface area contributed by atoms with Gasteiger partial charge in [0.05, 0.1) is 50.0 Å². The van der Waals surface area contributed by atoms with Crippen molar-refractivity contribution in [3.63, 3.8) is 0 Å². The number of carbonyl (C=O) groups excluding carboxylic acids is 2. The number of rotatable bonds is 22. The van der Waals surface area contributed by atoms with Gasteiger partial charge in [0.25, 0.3) is 5.91 Å². The van der Waals surface area contributed by atoms with Gasteiger partial charge in [-0.2, -0.15) is 0 Å². The molecular weight excluding hydrogens is 1060 g/mol. The summed E-state index contributed by atoms with van der Waals surface area (Å²) in [5.74, 6) is -0.386. The number of amides is 2. The van der Waals surface area contributed by atoms with Crippen molar-refractivity contribution >= 4 is 61.0 Å². The van der Waals surface area contributed by atoms with Crippen molar-refractivity contribution in [2.45, 2.75) is 102 Å². The molecule has 5 N–H and O–H groups in total. The number of pyridine rings is 2. The zero-order valence-electron chi connectivity index (χ0n) is 42.3. The van der Waals surface area contributed by atoms with E-state index in [4.69, 9.17) is 28.0 Å². The van der Waals surface area contributed by atoms with Crippen LogP contribution in [-0.4, -0.2) is 132 Å². The van der Waals surface area contributed by atoms with Crippen molar-refractivity contribution < 1.29 is 70.4 Å². The van der Waals surface area contributed by atoms with E-state index in [-0.39, 0.29) is 65.4 Å². The number of hydrogen-bond acceptors (Lipinski definition) is 19. The first-order chi connectivity index (χ1) is 37.5. The lowest BCUT2D eigenvalue weighted by molar-refractivity contribution is -0.116. The maximum Gasteiger partial charge on any atom is 0.353 e. The molecule has 10 atom stereocenters. The highest BCUT2D eigenvalue weighted by atomic mass is 31.2. The summed E-state index contributed by atoms with van der Waals surface area (Å²) in [5.41, 5.74) is 4.07. The molecule has 0 saturated carbocycles. The van der Waals surface area contributed by atoms with Crippen molar-refractivity contribution in [1.29, 1.82) is 0 Å². The molecule has 0 bridgehead atoms. The first kappa shape index (κ1) is 57.4. The molecule has 2 aliphatic rings. The predicted molar refractivity (Wildman–Crippen MR) is 275 cm³/mol. The molecule has 8 heterocycles. The van der Waals surface area contributed by atoms with Crippen LogP contribution in [0.3, 0.4) is 0 Å². The molecule has 78 heavy (non-hydrogen) atoms. The zero-order valence-corrected chi connectivity index (χ0v) is 44.1. The minimum Gasteiger partial charge on any atom is -0.394 e. The van der Waals surface area contributed by atoms with Gasteiger partial charge in [0.15, 0.2) is 58.8 Å². The molecule has 7 aromatic rings. The number of benzene rings is 1. The van der Waals surface area contributed by atoms with Gasteiger partial charge >= 0.3 is 15.2 Å². The molecule has 25 nitrogen and oxygen atoms in total. The zero-order chi connectivity index (χ0) is 55.6. The third kappa shape index (κ3) is 14.1. The van der Waals surface area contributed by atoms with E-state index in [1.165, 1.54) is 34.4 Å². The first-order valence-electron chi connectivity index (χ1n) is 24.3. The minimum absolute atomic E-state index is 0.143. The van der Waals surface area contributed by atoms with E-state index in [9.17, 15) is 33.6 Å². The van der Waals surface area contributed by atoms with Gasteiger partial charge in [-0.15, -0.1) is 6.58 Å². The van der Waals surface area contributed by atoms with Gasteiger partial charge in [0.2, 0.25) is 5.91 Å². The van der Waals surface area contributed by atoms with Crippen LogP contribution in [-0.2, 0) is 55.1 Å². The van der Waals surface area contributed by atoms with Crippen LogP contribution < -0.4 is 10.6 Å². The van der Waals surface area contributed by atoms with E-state index in [2.05, 4.69) is 57.1 Å². The number of fused-ring (bicyclic) bond motifs is 2. The Labute approximate surface area is 444 Å². The quantitative estimate of drug-likeness (QED) is 0.0353. The molecule has 2 fully saturated rings. The van der Waals surface area contributed by atoms with Crippen LogP contribution in [0, 0.1) is 13.8 Å². The van der Waals surface area contributed by atoms with E-state index in [0.717, 1.165) is 11.1 Å². The molecule has 0 spiro atoms. The molecule has 9 rings (SSSR count). The number of alkyl halides is 2. The molecule has 6 aromatic heterocycles. The Morgan fingerprint density at radius 3 is 1.72 bits per heavy atom. The Bertz CT molecular complexity index is 3310. The highest BCUT2D eigenvalue weighted by Crippen LogP contribution is 2.47. The SMILES string of the molecule is C=CCCC(=O)Nc1ncnc2c1ncn2[C@@H]1O[C@H](CO)[C@H](OCP(=O)(O)OCc2cc(C)ccn2)C1F.CC[C@H]1O[C@@H](n2cnc3c(NC(=O)c4ccccc4)ncnc32)C(F)[C@H]1OCP(=O)(O)OCc1cc(C)ccn1. The fourth-order valence-corrected chi connectivity index (χ4v) is 9.83. The van der Waals surface area contributed by atoms with E-state index < -0.39 is 83.7 Å². The van der Waals surface area contributed by atoms with Crippen LogP contribution in [0.2, 0.25) is 0 Å². The number of nitrogens with one attached hydrogen (secondary N) is 2. The monoisotopic (exact) mass is 1120 g/mol. The van der Waals surface area contributed by atoms with Gasteiger partial charge in [0.1, 0.15) is 43.7 Å². The normalized spacial score (nSPS) is 22.6. The van der Waals surface area contributed by atoms with Crippen molar-refractivity contribution in [2.75, 3.05) is 29.9 Å². The highest BCUT2D eigenvalue weighted by Gasteiger charge is 2.49. The van der Waals surface area contributed by atoms with E-state index in [1.807, 2.05) is 13.8 Å². The number of imidazole rings is 2. The third-order valence-corrected chi connectivity index (χ3v) is 14.1. The van der Waals surface area contributed by atoms with Crippen LogP contribution in [0.25, 0.3) is 22.3 Å².